The van der Waals surface area contributed by atoms with Crippen LogP contribution in [0.15, 0.2) is 41.4 Å². The highest BCUT2D eigenvalue weighted by molar-refractivity contribution is 5.97. The third-order valence-electron chi connectivity index (χ3n) is 2.10. The quantitative estimate of drug-likeness (QED) is 0.541. The van der Waals surface area contributed by atoms with E-state index in [-0.39, 0.29) is 0 Å². The minimum Gasteiger partial charge on any atom is -0.382 e. The van der Waals surface area contributed by atoms with E-state index in [1.54, 1.807) is 7.05 Å². The Morgan fingerprint density at radius 3 is 2.79 bits per heavy atom. The van der Waals surface area contributed by atoms with Crippen LogP contribution in [-0.4, -0.2) is 17.9 Å². The predicted octanol–water partition coefficient (Wildman–Crippen LogP) is 1.57. The van der Waals surface area contributed by atoms with E-state index in [1.807, 2.05) is 36.4 Å². The van der Waals surface area contributed by atoms with Crippen molar-refractivity contribution in [3.05, 3.63) is 42.1 Å². The van der Waals surface area contributed by atoms with Gasteiger partial charge >= 0.3 is 0 Å². The van der Waals surface area contributed by atoms with Crippen molar-refractivity contribution in [2.75, 3.05) is 7.05 Å². The van der Waals surface area contributed by atoms with Gasteiger partial charge in [-0.05, 0) is 12.1 Å². The van der Waals surface area contributed by atoms with Gasteiger partial charge in [-0.25, -0.2) is 4.98 Å². The van der Waals surface area contributed by atoms with E-state index in [4.69, 9.17) is 5.73 Å². The van der Waals surface area contributed by atoms with Crippen LogP contribution >= 0.6 is 0 Å². The molecule has 2 N–H and O–H groups in total. The molecule has 1 aromatic heterocycles. The molecule has 2 aromatic rings. The summed E-state index contributed by atoms with van der Waals surface area (Å²) in [7, 11) is 1.66. The standard InChI is InChI=1S/C11H11N3/c1-13-11(12)10-7-6-8-4-2-3-5-9(8)14-10/h2-7H,1H3,(H2,12,13). The van der Waals surface area contributed by atoms with Gasteiger partial charge in [-0.3, -0.25) is 4.99 Å². The molecule has 3 heteroatoms. The smallest absolute Gasteiger partial charge is 0.144 e. The first-order valence-corrected chi connectivity index (χ1v) is 4.39. The van der Waals surface area contributed by atoms with Crippen LogP contribution in [0.4, 0.5) is 0 Å². The van der Waals surface area contributed by atoms with E-state index in [1.165, 1.54) is 0 Å². The van der Waals surface area contributed by atoms with Crippen molar-refractivity contribution in [3.63, 3.8) is 0 Å². The monoisotopic (exact) mass is 185 g/mol. The van der Waals surface area contributed by atoms with Gasteiger partial charge in [-0.15, -0.1) is 0 Å². The number of nitrogens with zero attached hydrogens (tertiary/aromatic N) is 2. The van der Waals surface area contributed by atoms with Crippen molar-refractivity contribution in [2.45, 2.75) is 0 Å². The summed E-state index contributed by atoms with van der Waals surface area (Å²) in [4.78, 5) is 8.29. The number of pyridine rings is 1. The lowest BCUT2D eigenvalue weighted by Crippen LogP contribution is -2.14. The number of nitrogens with two attached hydrogens (primary N) is 1. The summed E-state index contributed by atoms with van der Waals surface area (Å²) in [6.07, 6.45) is 0. The van der Waals surface area contributed by atoms with Gasteiger partial charge in [0.05, 0.1) is 5.52 Å². The average Bonchev–Trinajstić information content (AvgIpc) is 2.27. The van der Waals surface area contributed by atoms with E-state index < -0.39 is 0 Å². The lowest BCUT2D eigenvalue weighted by Gasteiger charge is -2.00. The number of rotatable bonds is 1. The van der Waals surface area contributed by atoms with E-state index >= 15 is 0 Å². The lowest BCUT2D eigenvalue weighted by atomic mass is 10.2. The van der Waals surface area contributed by atoms with Crippen molar-refractivity contribution < 1.29 is 0 Å². The zero-order valence-corrected chi connectivity index (χ0v) is 7.94. The van der Waals surface area contributed by atoms with E-state index in [9.17, 15) is 0 Å². The van der Waals surface area contributed by atoms with E-state index in [0.717, 1.165) is 16.6 Å². The number of para-hydroxylation sites is 1. The molecule has 0 atom stereocenters. The van der Waals surface area contributed by atoms with Crippen LogP contribution in [0.2, 0.25) is 0 Å². The molecule has 0 aliphatic heterocycles. The van der Waals surface area contributed by atoms with Crippen molar-refractivity contribution >= 4 is 16.7 Å². The Hall–Kier alpha value is -1.90. The fourth-order valence-corrected chi connectivity index (χ4v) is 1.32. The Balaban J connectivity index is 2.62. The second kappa shape index (κ2) is 3.46. The summed E-state index contributed by atoms with van der Waals surface area (Å²) < 4.78 is 0. The molecule has 0 unspecified atom stereocenters. The summed E-state index contributed by atoms with van der Waals surface area (Å²) in [6, 6.07) is 11.8. The number of benzene rings is 1. The maximum atomic E-state index is 5.67. The molecule has 14 heavy (non-hydrogen) atoms. The molecular weight excluding hydrogens is 174 g/mol. The zero-order valence-electron chi connectivity index (χ0n) is 7.94. The first kappa shape index (κ1) is 8.69. The van der Waals surface area contributed by atoms with Gasteiger partial charge in [0.1, 0.15) is 11.5 Å². The Morgan fingerprint density at radius 1 is 1.21 bits per heavy atom. The highest BCUT2D eigenvalue weighted by atomic mass is 14.9. The molecule has 0 fully saturated rings. The van der Waals surface area contributed by atoms with Crippen LogP contribution in [0, 0.1) is 0 Å². The SMILES string of the molecule is C/N=C(\N)c1ccc2ccccc2n1. The van der Waals surface area contributed by atoms with Gasteiger partial charge in [0, 0.05) is 12.4 Å². The zero-order chi connectivity index (χ0) is 9.97. The molecule has 2 rings (SSSR count). The molecule has 70 valence electrons. The topological polar surface area (TPSA) is 51.3 Å². The first-order valence-electron chi connectivity index (χ1n) is 4.39. The summed E-state index contributed by atoms with van der Waals surface area (Å²) in [5, 5.41) is 1.11. The molecule has 0 aliphatic carbocycles. The van der Waals surface area contributed by atoms with Crippen LogP contribution in [-0.2, 0) is 0 Å². The molecule has 0 amide bonds. The number of fused-ring (bicyclic) bond motifs is 1. The van der Waals surface area contributed by atoms with E-state index in [0.29, 0.717) is 5.84 Å². The minimum absolute atomic E-state index is 0.468. The minimum atomic E-state index is 0.468. The fraction of sp³-hybridized carbons (Fsp3) is 0.0909. The number of aromatic nitrogens is 1. The third kappa shape index (κ3) is 1.44. The van der Waals surface area contributed by atoms with Crippen molar-refractivity contribution in [3.8, 4) is 0 Å². The number of amidine groups is 1. The number of hydrogen-bond donors (Lipinski definition) is 1. The maximum absolute atomic E-state index is 5.67. The Labute approximate surface area is 82.3 Å². The molecule has 0 bridgehead atoms. The normalized spacial score (nSPS) is 11.9. The molecule has 0 saturated carbocycles. The summed E-state index contributed by atoms with van der Waals surface area (Å²) in [6.45, 7) is 0. The maximum Gasteiger partial charge on any atom is 0.144 e. The Morgan fingerprint density at radius 2 is 2.00 bits per heavy atom. The van der Waals surface area contributed by atoms with Gasteiger partial charge in [0.15, 0.2) is 0 Å². The van der Waals surface area contributed by atoms with Crippen LogP contribution in [0.3, 0.4) is 0 Å². The van der Waals surface area contributed by atoms with Crippen LogP contribution in [0.1, 0.15) is 5.69 Å². The largest absolute Gasteiger partial charge is 0.382 e. The molecule has 1 aromatic carbocycles. The highest BCUT2D eigenvalue weighted by Crippen LogP contribution is 2.11. The first-order chi connectivity index (χ1) is 6.81. The molecule has 0 radical (unpaired) electrons. The van der Waals surface area contributed by atoms with Crippen molar-refractivity contribution in [1.29, 1.82) is 0 Å². The summed E-state index contributed by atoms with van der Waals surface area (Å²) in [5.41, 5.74) is 7.34. The van der Waals surface area contributed by atoms with Crippen molar-refractivity contribution in [2.24, 2.45) is 10.7 Å². The van der Waals surface area contributed by atoms with Crippen molar-refractivity contribution in [1.82, 2.24) is 4.98 Å². The fourth-order valence-electron chi connectivity index (χ4n) is 1.32. The average molecular weight is 185 g/mol. The van der Waals surface area contributed by atoms with Gasteiger partial charge in [-0.2, -0.15) is 0 Å². The lowest BCUT2D eigenvalue weighted by molar-refractivity contribution is 1.30. The summed E-state index contributed by atoms with van der Waals surface area (Å²) >= 11 is 0. The Bertz CT molecular complexity index is 489. The predicted molar refractivity (Wildman–Crippen MR) is 58.4 cm³/mol. The molecule has 0 saturated heterocycles. The van der Waals surface area contributed by atoms with Crippen LogP contribution in [0.5, 0.6) is 0 Å². The second-order valence-corrected chi connectivity index (χ2v) is 3.00. The molecule has 1 heterocycles. The van der Waals surface area contributed by atoms with Crippen LogP contribution < -0.4 is 5.73 Å². The molecule has 0 spiro atoms. The second-order valence-electron chi connectivity index (χ2n) is 3.00. The molecule has 3 nitrogen and oxygen atoms in total. The highest BCUT2D eigenvalue weighted by Gasteiger charge is 2.00. The van der Waals surface area contributed by atoms with Gasteiger partial charge in [0.2, 0.25) is 0 Å². The van der Waals surface area contributed by atoms with Gasteiger partial charge in [-0.1, -0.05) is 24.3 Å². The van der Waals surface area contributed by atoms with Gasteiger partial charge in [0.25, 0.3) is 0 Å². The van der Waals surface area contributed by atoms with Gasteiger partial charge < -0.3 is 5.73 Å². The summed E-state index contributed by atoms with van der Waals surface area (Å²) in [5.74, 6) is 0.468. The molecular formula is C11H11N3. The van der Waals surface area contributed by atoms with Crippen LogP contribution in [0.25, 0.3) is 10.9 Å². The number of hydrogen-bond acceptors (Lipinski definition) is 2. The number of aliphatic imine (C=N–C) groups is 1. The molecule has 0 aliphatic rings. The van der Waals surface area contributed by atoms with E-state index in [2.05, 4.69) is 9.98 Å². The third-order valence-corrected chi connectivity index (χ3v) is 2.10. The Kier molecular flexibility index (Phi) is 2.14.